The summed E-state index contributed by atoms with van der Waals surface area (Å²) in [5.74, 6) is -2.92. The molecule has 0 aliphatic rings. The molecule has 2 aromatic carbocycles. The van der Waals surface area contributed by atoms with E-state index in [1.54, 1.807) is 6.92 Å². The van der Waals surface area contributed by atoms with E-state index >= 15 is 0 Å². The molecular formula is C20H17ClF3N3O2. The molecule has 5 nitrogen and oxygen atoms in total. The van der Waals surface area contributed by atoms with Crippen LogP contribution in [0.1, 0.15) is 24.1 Å². The van der Waals surface area contributed by atoms with Crippen molar-refractivity contribution in [2.75, 3.05) is 7.05 Å². The Bertz CT molecular complexity index is 1150. The normalized spacial score (nSPS) is 12.1. The SMILES string of the molecule is CC(c1c[nH]c(=O)c2c(F)c(F)ccc12)N(C)C(=O)NCc1ccc(F)c(Cl)c1. The first kappa shape index (κ1) is 20.7. The fourth-order valence-electron chi connectivity index (χ4n) is 2.99. The van der Waals surface area contributed by atoms with Gasteiger partial charge >= 0.3 is 6.03 Å². The Morgan fingerprint density at radius 2 is 1.90 bits per heavy atom. The molecule has 1 atom stereocenters. The van der Waals surface area contributed by atoms with Crippen molar-refractivity contribution in [1.29, 1.82) is 0 Å². The fourth-order valence-corrected chi connectivity index (χ4v) is 3.19. The van der Waals surface area contributed by atoms with Gasteiger partial charge in [0, 0.05) is 19.8 Å². The van der Waals surface area contributed by atoms with Gasteiger partial charge < -0.3 is 15.2 Å². The van der Waals surface area contributed by atoms with Crippen LogP contribution in [0.5, 0.6) is 0 Å². The molecule has 1 aromatic heterocycles. The topological polar surface area (TPSA) is 65.2 Å². The lowest BCUT2D eigenvalue weighted by Crippen LogP contribution is -2.38. The van der Waals surface area contributed by atoms with E-state index in [9.17, 15) is 22.8 Å². The van der Waals surface area contributed by atoms with E-state index in [-0.39, 0.29) is 17.0 Å². The van der Waals surface area contributed by atoms with Crippen LogP contribution in [0.2, 0.25) is 5.02 Å². The molecule has 3 aromatic rings. The molecule has 0 saturated carbocycles. The number of carbonyl (C=O) groups is 1. The lowest BCUT2D eigenvalue weighted by Gasteiger charge is -2.26. The summed E-state index contributed by atoms with van der Waals surface area (Å²) < 4.78 is 40.9. The molecule has 1 heterocycles. The van der Waals surface area contributed by atoms with Crippen LogP contribution in [0.25, 0.3) is 10.8 Å². The van der Waals surface area contributed by atoms with Crippen LogP contribution >= 0.6 is 11.6 Å². The van der Waals surface area contributed by atoms with Crippen molar-refractivity contribution >= 4 is 28.4 Å². The fraction of sp³-hybridized carbons (Fsp3) is 0.200. The Hall–Kier alpha value is -3.00. The quantitative estimate of drug-likeness (QED) is 0.649. The minimum Gasteiger partial charge on any atom is -0.334 e. The molecule has 0 aliphatic carbocycles. The predicted molar refractivity (Wildman–Crippen MR) is 104 cm³/mol. The maximum atomic E-state index is 14.1. The van der Waals surface area contributed by atoms with Crippen LogP contribution in [-0.2, 0) is 6.54 Å². The molecule has 0 radical (unpaired) electrons. The first-order valence-electron chi connectivity index (χ1n) is 8.64. The van der Waals surface area contributed by atoms with Crippen LogP contribution in [0.3, 0.4) is 0 Å². The van der Waals surface area contributed by atoms with Crippen molar-refractivity contribution in [2.45, 2.75) is 19.5 Å². The molecule has 29 heavy (non-hydrogen) atoms. The molecule has 0 saturated heterocycles. The Morgan fingerprint density at radius 1 is 1.21 bits per heavy atom. The van der Waals surface area contributed by atoms with Gasteiger partial charge in [-0.05, 0) is 41.6 Å². The lowest BCUT2D eigenvalue weighted by atomic mass is 10.0. The van der Waals surface area contributed by atoms with Crippen molar-refractivity contribution in [3.8, 4) is 0 Å². The van der Waals surface area contributed by atoms with E-state index in [2.05, 4.69) is 10.3 Å². The van der Waals surface area contributed by atoms with Crippen molar-refractivity contribution in [1.82, 2.24) is 15.2 Å². The molecule has 0 aliphatic heterocycles. The van der Waals surface area contributed by atoms with E-state index in [1.807, 2.05) is 0 Å². The highest BCUT2D eigenvalue weighted by Gasteiger charge is 2.22. The predicted octanol–water partition coefficient (Wildman–Crippen LogP) is 4.50. The zero-order chi connectivity index (χ0) is 21.3. The molecule has 0 bridgehead atoms. The van der Waals surface area contributed by atoms with E-state index in [4.69, 9.17) is 11.6 Å². The number of nitrogens with zero attached hydrogens (tertiary/aromatic N) is 1. The maximum Gasteiger partial charge on any atom is 0.317 e. The number of nitrogens with one attached hydrogen (secondary N) is 2. The number of pyridine rings is 1. The molecule has 0 spiro atoms. The summed E-state index contributed by atoms with van der Waals surface area (Å²) >= 11 is 5.73. The van der Waals surface area contributed by atoms with E-state index in [0.29, 0.717) is 11.1 Å². The average Bonchev–Trinajstić information content (AvgIpc) is 2.70. The second-order valence-corrected chi connectivity index (χ2v) is 6.96. The number of hydrogen-bond acceptors (Lipinski definition) is 2. The van der Waals surface area contributed by atoms with Gasteiger partial charge in [-0.2, -0.15) is 0 Å². The maximum absolute atomic E-state index is 14.1. The number of aromatic nitrogens is 1. The molecule has 2 N–H and O–H groups in total. The number of rotatable bonds is 4. The molecule has 0 fully saturated rings. The molecular weight excluding hydrogens is 407 g/mol. The Balaban J connectivity index is 1.82. The van der Waals surface area contributed by atoms with Gasteiger partial charge in [-0.1, -0.05) is 23.7 Å². The van der Waals surface area contributed by atoms with Gasteiger partial charge in [0.15, 0.2) is 11.6 Å². The monoisotopic (exact) mass is 423 g/mol. The summed E-state index contributed by atoms with van der Waals surface area (Å²) in [6, 6.07) is 5.32. The Labute approximate surface area is 169 Å². The van der Waals surface area contributed by atoms with E-state index in [1.165, 1.54) is 42.4 Å². The van der Waals surface area contributed by atoms with Gasteiger partial charge in [0.2, 0.25) is 0 Å². The number of urea groups is 1. The summed E-state index contributed by atoms with van der Waals surface area (Å²) in [5.41, 5.74) is 0.298. The number of fused-ring (bicyclic) bond motifs is 1. The number of hydrogen-bond donors (Lipinski definition) is 2. The third-order valence-corrected chi connectivity index (χ3v) is 5.06. The lowest BCUT2D eigenvalue weighted by molar-refractivity contribution is 0.194. The third kappa shape index (κ3) is 4.07. The molecule has 2 amide bonds. The minimum atomic E-state index is -1.24. The van der Waals surface area contributed by atoms with Crippen molar-refractivity contribution in [2.24, 2.45) is 0 Å². The standard InChI is InChI=1S/C20H17ClF3N3O2/c1-10(13-9-25-19(28)17-12(13)4-6-16(23)18(17)24)27(2)20(29)26-8-11-3-5-15(22)14(21)7-11/h3-7,9-10H,8H2,1-2H3,(H,25,28)(H,26,29). The molecule has 1 unspecified atom stereocenters. The third-order valence-electron chi connectivity index (χ3n) is 4.77. The average molecular weight is 424 g/mol. The highest BCUT2D eigenvalue weighted by atomic mass is 35.5. The summed E-state index contributed by atoms with van der Waals surface area (Å²) in [4.78, 5) is 28.2. The first-order chi connectivity index (χ1) is 13.7. The van der Waals surface area contributed by atoms with Crippen LogP contribution in [0.4, 0.5) is 18.0 Å². The van der Waals surface area contributed by atoms with Crippen molar-refractivity contribution in [3.63, 3.8) is 0 Å². The number of halogens is 4. The van der Waals surface area contributed by atoms with Gasteiger partial charge in [-0.15, -0.1) is 0 Å². The Kier molecular flexibility index (Phi) is 5.83. The highest BCUT2D eigenvalue weighted by molar-refractivity contribution is 6.30. The zero-order valence-electron chi connectivity index (χ0n) is 15.5. The molecule has 9 heteroatoms. The summed E-state index contributed by atoms with van der Waals surface area (Å²) in [6.45, 7) is 1.80. The van der Waals surface area contributed by atoms with E-state index < -0.39 is 40.5 Å². The van der Waals surface area contributed by atoms with Crippen molar-refractivity contribution in [3.05, 3.63) is 80.5 Å². The highest BCUT2D eigenvalue weighted by Crippen LogP contribution is 2.27. The van der Waals surface area contributed by atoms with Crippen LogP contribution < -0.4 is 10.9 Å². The summed E-state index contributed by atoms with van der Waals surface area (Å²) in [7, 11) is 1.52. The number of H-pyrrole nitrogens is 1. The minimum absolute atomic E-state index is 0.0487. The second-order valence-electron chi connectivity index (χ2n) is 6.55. The Morgan fingerprint density at radius 3 is 2.59 bits per heavy atom. The number of benzene rings is 2. The molecule has 152 valence electrons. The second kappa shape index (κ2) is 8.16. The summed E-state index contributed by atoms with van der Waals surface area (Å²) in [5, 5.41) is 2.44. The summed E-state index contributed by atoms with van der Waals surface area (Å²) in [6.07, 6.45) is 1.37. The number of aromatic amines is 1. The van der Waals surface area contributed by atoms with Gasteiger partial charge in [0.25, 0.3) is 5.56 Å². The van der Waals surface area contributed by atoms with Crippen LogP contribution in [-0.4, -0.2) is 23.0 Å². The first-order valence-corrected chi connectivity index (χ1v) is 9.02. The smallest absolute Gasteiger partial charge is 0.317 e. The van der Waals surface area contributed by atoms with Gasteiger partial charge in [0.1, 0.15) is 5.82 Å². The van der Waals surface area contributed by atoms with E-state index in [0.717, 1.165) is 6.07 Å². The van der Waals surface area contributed by atoms with Gasteiger partial charge in [0.05, 0.1) is 16.5 Å². The van der Waals surface area contributed by atoms with Crippen LogP contribution in [0, 0.1) is 17.5 Å². The molecule has 3 rings (SSSR count). The number of carbonyl (C=O) groups excluding carboxylic acids is 1. The number of amides is 2. The van der Waals surface area contributed by atoms with Gasteiger partial charge in [-0.3, -0.25) is 4.79 Å². The zero-order valence-corrected chi connectivity index (χ0v) is 16.3. The van der Waals surface area contributed by atoms with Gasteiger partial charge in [-0.25, -0.2) is 18.0 Å². The van der Waals surface area contributed by atoms with Crippen LogP contribution in [0.15, 0.2) is 41.3 Å². The largest absolute Gasteiger partial charge is 0.334 e. The van der Waals surface area contributed by atoms with Crippen molar-refractivity contribution < 1.29 is 18.0 Å².